The molecule has 0 aromatic heterocycles. The minimum Gasteiger partial charge on any atom is -0.444 e. The molecule has 128 valence electrons. The predicted octanol–water partition coefficient (Wildman–Crippen LogP) is 2.79. The molecular weight excluding hydrogens is 280 g/mol. The molecule has 0 aromatic rings. The molecule has 1 N–H and O–H groups in total. The summed E-state index contributed by atoms with van der Waals surface area (Å²) < 4.78 is 10.8. The summed E-state index contributed by atoms with van der Waals surface area (Å²) in [7, 11) is 1.78. The van der Waals surface area contributed by atoms with Crippen LogP contribution in [0, 0.1) is 5.41 Å². The monoisotopic (exact) mass is 312 g/mol. The van der Waals surface area contributed by atoms with Gasteiger partial charge in [0.15, 0.2) is 0 Å². The van der Waals surface area contributed by atoms with Crippen LogP contribution in [0.3, 0.4) is 0 Å². The smallest absolute Gasteiger partial charge is 0.410 e. The standard InChI is InChI=1S/C17H32N2O3/c1-16(2,3)22-15(20)19-8-6-7-17(4,12-19)11-18-13-9-14(10-13)21-5/h13-14,18H,6-12H2,1-5H3. The molecule has 1 unspecified atom stereocenters. The number of carbonyl (C=O) groups is 1. The Kier molecular flexibility index (Phi) is 5.38. The maximum Gasteiger partial charge on any atom is 0.410 e. The molecule has 1 aliphatic heterocycles. The van der Waals surface area contributed by atoms with Crippen LogP contribution in [0.5, 0.6) is 0 Å². The molecule has 0 aromatic carbocycles. The van der Waals surface area contributed by atoms with E-state index in [2.05, 4.69) is 12.2 Å². The lowest BCUT2D eigenvalue weighted by atomic mass is 9.80. The molecule has 2 aliphatic rings. The first kappa shape index (κ1) is 17.5. The molecule has 0 spiro atoms. The summed E-state index contributed by atoms with van der Waals surface area (Å²) in [4.78, 5) is 14.1. The van der Waals surface area contributed by atoms with Gasteiger partial charge in [-0.3, -0.25) is 0 Å². The number of ether oxygens (including phenoxy) is 2. The lowest BCUT2D eigenvalue weighted by Gasteiger charge is -2.43. The number of nitrogens with zero attached hydrogens (tertiary/aromatic N) is 1. The highest BCUT2D eigenvalue weighted by molar-refractivity contribution is 5.68. The van der Waals surface area contributed by atoms with E-state index in [1.54, 1.807) is 7.11 Å². The fraction of sp³-hybridized carbons (Fsp3) is 0.941. The molecule has 1 atom stereocenters. The number of piperidine rings is 1. The topological polar surface area (TPSA) is 50.8 Å². The van der Waals surface area contributed by atoms with Gasteiger partial charge in [0.2, 0.25) is 0 Å². The zero-order chi connectivity index (χ0) is 16.4. The summed E-state index contributed by atoms with van der Waals surface area (Å²) in [6, 6.07) is 0.568. The van der Waals surface area contributed by atoms with Crippen molar-refractivity contribution in [2.45, 2.75) is 71.1 Å². The van der Waals surface area contributed by atoms with Crippen LogP contribution in [-0.2, 0) is 9.47 Å². The number of likely N-dealkylation sites (tertiary alicyclic amines) is 1. The lowest BCUT2D eigenvalue weighted by Crippen LogP contribution is -2.53. The van der Waals surface area contributed by atoms with Crippen molar-refractivity contribution in [2.75, 3.05) is 26.7 Å². The summed E-state index contributed by atoms with van der Waals surface area (Å²) in [6.07, 6.45) is 4.64. The Hall–Kier alpha value is -0.810. The molecule has 0 radical (unpaired) electrons. The molecule has 1 amide bonds. The number of carbonyl (C=O) groups excluding carboxylic acids is 1. The summed E-state index contributed by atoms with van der Waals surface area (Å²) >= 11 is 0. The van der Waals surface area contributed by atoms with Crippen LogP contribution in [-0.4, -0.2) is 55.5 Å². The SMILES string of the molecule is COC1CC(NCC2(C)CCCN(C(=O)OC(C)(C)C)C2)C1. The van der Waals surface area contributed by atoms with Crippen LogP contribution >= 0.6 is 0 Å². The number of nitrogens with one attached hydrogen (secondary N) is 1. The van der Waals surface area contributed by atoms with Gasteiger partial charge in [0.25, 0.3) is 0 Å². The Morgan fingerprint density at radius 2 is 2.05 bits per heavy atom. The van der Waals surface area contributed by atoms with Crippen molar-refractivity contribution in [1.29, 1.82) is 0 Å². The van der Waals surface area contributed by atoms with Crippen molar-refractivity contribution in [3.8, 4) is 0 Å². The Labute approximate surface area is 134 Å². The number of amides is 1. The van der Waals surface area contributed by atoms with Crippen molar-refractivity contribution in [3.05, 3.63) is 0 Å². The molecule has 1 aliphatic carbocycles. The normalized spacial score (nSPS) is 32.5. The van der Waals surface area contributed by atoms with E-state index >= 15 is 0 Å². The quantitative estimate of drug-likeness (QED) is 0.867. The Morgan fingerprint density at radius 3 is 2.64 bits per heavy atom. The van der Waals surface area contributed by atoms with Gasteiger partial charge < -0.3 is 19.7 Å². The lowest BCUT2D eigenvalue weighted by molar-refractivity contribution is -0.000681. The molecule has 1 saturated heterocycles. The summed E-state index contributed by atoms with van der Waals surface area (Å²) in [5.41, 5.74) is -0.294. The predicted molar refractivity (Wildman–Crippen MR) is 87.0 cm³/mol. The van der Waals surface area contributed by atoms with Crippen LogP contribution < -0.4 is 5.32 Å². The molecule has 5 heteroatoms. The molecule has 22 heavy (non-hydrogen) atoms. The minimum absolute atomic E-state index is 0.132. The first-order valence-electron chi connectivity index (χ1n) is 8.45. The molecule has 1 heterocycles. The van der Waals surface area contributed by atoms with E-state index in [0.29, 0.717) is 12.1 Å². The summed E-state index contributed by atoms with van der Waals surface area (Å²) in [6.45, 7) is 10.5. The highest BCUT2D eigenvalue weighted by atomic mass is 16.6. The third-order valence-electron chi connectivity index (χ3n) is 4.68. The van der Waals surface area contributed by atoms with Gasteiger partial charge in [-0.15, -0.1) is 0 Å². The van der Waals surface area contributed by atoms with Crippen LogP contribution in [0.4, 0.5) is 4.79 Å². The second-order valence-corrected chi connectivity index (χ2v) is 8.22. The molecule has 1 saturated carbocycles. The highest BCUT2D eigenvalue weighted by Crippen LogP contribution is 2.31. The molecule has 2 rings (SSSR count). The number of hydrogen-bond donors (Lipinski definition) is 1. The van der Waals surface area contributed by atoms with Crippen molar-refractivity contribution < 1.29 is 14.3 Å². The maximum absolute atomic E-state index is 12.3. The zero-order valence-corrected chi connectivity index (χ0v) is 14.8. The van der Waals surface area contributed by atoms with E-state index < -0.39 is 5.60 Å². The van der Waals surface area contributed by atoms with Crippen molar-refractivity contribution in [1.82, 2.24) is 10.2 Å². The second kappa shape index (κ2) is 6.75. The van der Waals surface area contributed by atoms with Crippen molar-refractivity contribution in [2.24, 2.45) is 5.41 Å². The third-order valence-corrected chi connectivity index (χ3v) is 4.68. The first-order chi connectivity index (χ1) is 10.2. The zero-order valence-electron chi connectivity index (χ0n) is 14.8. The van der Waals surface area contributed by atoms with Crippen molar-refractivity contribution in [3.63, 3.8) is 0 Å². The van der Waals surface area contributed by atoms with Gasteiger partial charge in [-0.1, -0.05) is 6.92 Å². The van der Waals surface area contributed by atoms with Gasteiger partial charge in [0.1, 0.15) is 5.60 Å². The van der Waals surface area contributed by atoms with Gasteiger partial charge in [-0.05, 0) is 51.9 Å². The van der Waals surface area contributed by atoms with Gasteiger partial charge in [0.05, 0.1) is 6.10 Å². The van der Waals surface area contributed by atoms with Gasteiger partial charge in [0, 0.05) is 32.8 Å². The van der Waals surface area contributed by atoms with Crippen LogP contribution in [0.1, 0.15) is 53.4 Å². The fourth-order valence-electron chi connectivity index (χ4n) is 3.26. The average molecular weight is 312 g/mol. The third kappa shape index (κ3) is 4.85. The van der Waals surface area contributed by atoms with Crippen molar-refractivity contribution >= 4 is 6.09 Å². The van der Waals surface area contributed by atoms with E-state index in [1.165, 1.54) is 0 Å². The maximum atomic E-state index is 12.3. The van der Waals surface area contributed by atoms with Gasteiger partial charge in [-0.2, -0.15) is 0 Å². The van der Waals surface area contributed by atoms with E-state index in [-0.39, 0.29) is 11.5 Å². The Morgan fingerprint density at radius 1 is 1.36 bits per heavy atom. The number of methoxy groups -OCH3 is 1. The van der Waals surface area contributed by atoms with E-state index in [0.717, 1.165) is 45.3 Å². The first-order valence-corrected chi connectivity index (χ1v) is 8.45. The fourth-order valence-corrected chi connectivity index (χ4v) is 3.26. The molecular formula is C17H32N2O3. The van der Waals surface area contributed by atoms with E-state index in [4.69, 9.17) is 9.47 Å². The minimum atomic E-state index is -0.426. The van der Waals surface area contributed by atoms with E-state index in [9.17, 15) is 4.79 Å². The van der Waals surface area contributed by atoms with E-state index in [1.807, 2.05) is 25.7 Å². The van der Waals surface area contributed by atoms with Gasteiger partial charge >= 0.3 is 6.09 Å². The number of rotatable bonds is 4. The van der Waals surface area contributed by atoms with Crippen LogP contribution in [0.25, 0.3) is 0 Å². The average Bonchev–Trinajstić information content (AvgIpc) is 2.35. The Bertz CT molecular complexity index is 388. The number of hydrogen-bond acceptors (Lipinski definition) is 4. The summed E-state index contributed by atoms with van der Waals surface area (Å²) in [5.74, 6) is 0. The molecule has 2 fully saturated rings. The molecule has 5 nitrogen and oxygen atoms in total. The second-order valence-electron chi connectivity index (χ2n) is 8.22. The van der Waals surface area contributed by atoms with Crippen LogP contribution in [0.2, 0.25) is 0 Å². The molecule has 0 bridgehead atoms. The largest absolute Gasteiger partial charge is 0.444 e. The summed E-state index contributed by atoms with van der Waals surface area (Å²) in [5, 5.41) is 3.64. The highest BCUT2D eigenvalue weighted by Gasteiger charge is 2.36. The Balaban J connectivity index is 1.79. The van der Waals surface area contributed by atoms with Gasteiger partial charge in [-0.25, -0.2) is 4.79 Å². The van der Waals surface area contributed by atoms with Crippen LogP contribution in [0.15, 0.2) is 0 Å².